The quantitative estimate of drug-likeness (QED) is 0.256. The van der Waals surface area contributed by atoms with Crippen molar-refractivity contribution in [2.24, 2.45) is 5.10 Å². The molecule has 0 bridgehead atoms. The van der Waals surface area contributed by atoms with Crippen LogP contribution in [0.5, 0.6) is 0 Å². The maximum absolute atomic E-state index is 12.1. The molecule has 1 heterocycles. The number of nitro groups is 1. The van der Waals surface area contributed by atoms with Crippen LogP contribution in [0.2, 0.25) is 0 Å². The average Bonchev–Trinajstić information content (AvgIpc) is 3.15. The lowest BCUT2D eigenvalue weighted by Crippen LogP contribution is -2.20. The van der Waals surface area contributed by atoms with Crippen molar-refractivity contribution in [1.29, 1.82) is 0 Å². The first kappa shape index (κ1) is 21.2. The maximum atomic E-state index is 12.1. The van der Waals surface area contributed by atoms with E-state index in [0.29, 0.717) is 17.3 Å². The van der Waals surface area contributed by atoms with E-state index in [1.165, 1.54) is 30.1 Å². The van der Waals surface area contributed by atoms with Crippen molar-refractivity contribution in [2.45, 2.75) is 25.5 Å². The third kappa shape index (κ3) is 5.29. The predicted octanol–water partition coefficient (Wildman–Crippen LogP) is 3.42. The van der Waals surface area contributed by atoms with Crippen LogP contribution in [0.15, 0.2) is 58.8 Å². The van der Waals surface area contributed by atoms with Crippen molar-refractivity contribution in [1.82, 2.24) is 20.2 Å². The third-order valence-electron chi connectivity index (χ3n) is 4.15. The van der Waals surface area contributed by atoms with Gasteiger partial charge in [0.2, 0.25) is 0 Å². The van der Waals surface area contributed by atoms with E-state index in [1.807, 2.05) is 42.7 Å². The fraction of sp³-hybridized carbons (Fsp3) is 0.200. The molecule has 3 aromatic rings. The molecule has 10 heteroatoms. The Kier molecular flexibility index (Phi) is 6.91. The minimum Gasteiger partial charge on any atom is -0.302 e. The zero-order chi connectivity index (χ0) is 21.5. The Balaban J connectivity index is 1.57. The number of nitrogens with one attached hydrogen (secondary N) is 1. The summed E-state index contributed by atoms with van der Waals surface area (Å²) in [4.78, 5) is 22.3. The van der Waals surface area contributed by atoms with E-state index in [1.54, 1.807) is 12.1 Å². The van der Waals surface area contributed by atoms with Gasteiger partial charge in [-0.2, -0.15) is 5.10 Å². The first-order valence-corrected chi connectivity index (χ1v) is 10.2. The van der Waals surface area contributed by atoms with Gasteiger partial charge in [0.05, 0.1) is 16.9 Å². The van der Waals surface area contributed by atoms with Gasteiger partial charge in [0, 0.05) is 24.2 Å². The van der Waals surface area contributed by atoms with Crippen molar-refractivity contribution in [2.75, 3.05) is 5.75 Å². The molecule has 1 aromatic heterocycles. The smallest absolute Gasteiger partial charge is 0.269 e. The number of benzene rings is 2. The summed E-state index contributed by atoms with van der Waals surface area (Å²) in [5.74, 6) is 0.602. The van der Waals surface area contributed by atoms with Crippen LogP contribution < -0.4 is 5.43 Å². The number of carbonyl (C=O) groups excluding carboxylic acids is 1. The van der Waals surface area contributed by atoms with Crippen LogP contribution in [0.3, 0.4) is 0 Å². The largest absolute Gasteiger partial charge is 0.302 e. The molecule has 1 N–H and O–H groups in total. The molecule has 3 rings (SSSR count). The third-order valence-corrected chi connectivity index (χ3v) is 5.12. The highest BCUT2D eigenvalue weighted by molar-refractivity contribution is 7.99. The van der Waals surface area contributed by atoms with Gasteiger partial charge in [-0.05, 0) is 37.6 Å². The first-order valence-electron chi connectivity index (χ1n) is 9.17. The summed E-state index contributed by atoms with van der Waals surface area (Å²) < 4.78 is 1.97. The first-order chi connectivity index (χ1) is 14.5. The number of hydrazone groups is 1. The number of rotatable bonds is 8. The molecule has 2 aromatic carbocycles. The average molecular weight is 424 g/mol. The Morgan fingerprint density at radius 3 is 2.70 bits per heavy atom. The zero-order valence-corrected chi connectivity index (χ0v) is 17.3. The van der Waals surface area contributed by atoms with Gasteiger partial charge >= 0.3 is 0 Å². The van der Waals surface area contributed by atoms with Crippen LogP contribution in [0.1, 0.15) is 18.1 Å². The van der Waals surface area contributed by atoms with E-state index in [-0.39, 0.29) is 17.3 Å². The lowest BCUT2D eigenvalue weighted by Gasteiger charge is -2.07. The van der Waals surface area contributed by atoms with E-state index < -0.39 is 4.92 Å². The van der Waals surface area contributed by atoms with E-state index in [9.17, 15) is 14.9 Å². The minimum absolute atomic E-state index is 0.00217. The molecule has 0 spiro atoms. The second kappa shape index (κ2) is 9.79. The van der Waals surface area contributed by atoms with E-state index in [2.05, 4.69) is 20.7 Å². The number of hydrogen-bond donors (Lipinski definition) is 1. The summed E-state index contributed by atoms with van der Waals surface area (Å²) in [6.45, 7) is 4.70. The van der Waals surface area contributed by atoms with Gasteiger partial charge in [-0.3, -0.25) is 14.9 Å². The van der Waals surface area contributed by atoms with Crippen LogP contribution in [0, 0.1) is 17.0 Å². The highest BCUT2D eigenvalue weighted by atomic mass is 32.2. The van der Waals surface area contributed by atoms with Gasteiger partial charge in [0.1, 0.15) is 0 Å². The number of hydrogen-bond acceptors (Lipinski definition) is 7. The second-order valence-corrected chi connectivity index (χ2v) is 7.29. The maximum Gasteiger partial charge on any atom is 0.269 e. The SMILES string of the molecule is CCn1c(SCC(=O)NN=Cc2ccc([N+](=O)[O-])cc2)nnc1-c1cccc(C)c1. The number of thioether (sulfide) groups is 1. The highest BCUT2D eigenvalue weighted by Crippen LogP contribution is 2.24. The number of aryl methyl sites for hydroxylation is 1. The number of amides is 1. The number of non-ortho nitro benzene ring substituents is 1. The van der Waals surface area contributed by atoms with Crippen LogP contribution in [-0.4, -0.2) is 37.6 Å². The van der Waals surface area contributed by atoms with Crippen molar-refractivity contribution in [3.63, 3.8) is 0 Å². The molecule has 154 valence electrons. The molecular formula is C20H20N6O3S. The van der Waals surface area contributed by atoms with Crippen molar-refractivity contribution >= 4 is 29.6 Å². The Hall–Kier alpha value is -3.53. The molecule has 0 aliphatic heterocycles. The van der Waals surface area contributed by atoms with Gasteiger partial charge in [-0.25, -0.2) is 5.43 Å². The van der Waals surface area contributed by atoms with Gasteiger partial charge in [0.25, 0.3) is 11.6 Å². The van der Waals surface area contributed by atoms with Gasteiger partial charge < -0.3 is 4.57 Å². The minimum atomic E-state index is -0.473. The number of nitro benzene ring substituents is 1. The fourth-order valence-electron chi connectivity index (χ4n) is 2.70. The number of carbonyl (C=O) groups is 1. The van der Waals surface area contributed by atoms with Crippen LogP contribution >= 0.6 is 11.8 Å². The Bertz CT molecular complexity index is 1080. The zero-order valence-electron chi connectivity index (χ0n) is 16.5. The highest BCUT2D eigenvalue weighted by Gasteiger charge is 2.14. The molecule has 0 unspecified atom stereocenters. The van der Waals surface area contributed by atoms with Crippen molar-refractivity contribution in [3.8, 4) is 11.4 Å². The summed E-state index contributed by atoms with van der Waals surface area (Å²) >= 11 is 1.28. The van der Waals surface area contributed by atoms with Gasteiger partial charge in [0.15, 0.2) is 11.0 Å². The summed E-state index contributed by atoms with van der Waals surface area (Å²) in [5, 5.41) is 23.7. The lowest BCUT2D eigenvalue weighted by molar-refractivity contribution is -0.384. The molecule has 0 fully saturated rings. The number of nitrogens with zero attached hydrogens (tertiary/aromatic N) is 5. The van der Waals surface area contributed by atoms with Crippen molar-refractivity contribution in [3.05, 3.63) is 69.8 Å². The molecule has 30 heavy (non-hydrogen) atoms. The predicted molar refractivity (Wildman–Crippen MR) is 115 cm³/mol. The molecule has 0 aliphatic rings. The Labute approximate surface area is 177 Å². The normalized spacial score (nSPS) is 11.0. The van der Waals surface area contributed by atoms with Gasteiger partial charge in [-0.15, -0.1) is 10.2 Å². The summed E-state index contributed by atoms with van der Waals surface area (Å²) in [6.07, 6.45) is 1.43. The summed E-state index contributed by atoms with van der Waals surface area (Å²) in [5.41, 5.74) is 5.20. The molecule has 0 atom stereocenters. The topological polar surface area (TPSA) is 115 Å². The molecule has 0 radical (unpaired) electrons. The number of aromatic nitrogens is 3. The Morgan fingerprint density at radius 1 is 1.27 bits per heavy atom. The molecule has 0 aliphatic carbocycles. The summed E-state index contributed by atoms with van der Waals surface area (Å²) in [7, 11) is 0. The summed E-state index contributed by atoms with van der Waals surface area (Å²) in [6, 6.07) is 13.9. The molecule has 1 amide bonds. The Morgan fingerprint density at radius 2 is 2.03 bits per heavy atom. The monoisotopic (exact) mass is 424 g/mol. The molecule has 9 nitrogen and oxygen atoms in total. The fourth-order valence-corrected chi connectivity index (χ4v) is 3.50. The molecule has 0 saturated heterocycles. The van der Waals surface area contributed by atoms with Crippen LogP contribution in [-0.2, 0) is 11.3 Å². The standard InChI is InChI=1S/C20H20N6O3S/c1-3-25-19(16-6-4-5-14(2)11-16)23-24-20(25)30-13-18(27)22-21-12-15-7-9-17(10-8-15)26(28)29/h4-12H,3,13H2,1-2H3,(H,22,27). The van der Waals surface area contributed by atoms with E-state index in [4.69, 9.17) is 0 Å². The molecule has 0 saturated carbocycles. The molecular weight excluding hydrogens is 404 g/mol. The van der Waals surface area contributed by atoms with Crippen LogP contribution in [0.25, 0.3) is 11.4 Å². The van der Waals surface area contributed by atoms with E-state index in [0.717, 1.165) is 17.0 Å². The second-order valence-electron chi connectivity index (χ2n) is 6.35. The van der Waals surface area contributed by atoms with E-state index >= 15 is 0 Å². The lowest BCUT2D eigenvalue weighted by atomic mass is 10.1. The van der Waals surface area contributed by atoms with Gasteiger partial charge in [-0.1, -0.05) is 35.5 Å². The van der Waals surface area contributed by atoms with Crippen molar-refractivity contribution < 1.29 is 9.72 Å². The van der Waals surface area contributed by atoms with Crippen LogP contribution in [0.4, 0.5) is 5.69 Å².